The van der Waals surface area contributed by atoms with Gasteiger partial charge in [-0.05, 0) is 42.0 Å². The Kier molecular flexibility index (Phi) is 3.26. The molecule has 4 nitrogen and oxygen atoms in total. The molecule has 0 radical (unpaired) electrons. The summed E-state index contributed by atoms with van der Waals surface area (Å²) in [6, 6.07) is 16.8. The topological polar surface area (TPSA) is 46.6 Å². The van der Waals surface area contributed by atoms with E-state index in [1.165, 1.54) is 27.2 Å². The molecule has 0 spiro atoms. The number of carbonyl (C=O) groups excluding carboxylic acids is 2. The van der Waals surface area contributed by atoms with Gasteiger partial charge in [-0.2, -0.15) is 0 Å². The average Bonchev–Trinajstić information content (AvgIpc) is 3.30. The van der Waals surface area contributed by atoms with Gasteiger partial charge in [0.25, 0.3) is 0 Å². The molecule has 0 aromatic heterocycles. The maximum absolute atomic E-state index is 13.7. The van der Waals surface area contributed by atoms with E-state index in [0.717, 1.165) is 19.4 Å². The summed E-state index contributed by atoms with van der Waals surface area (Å²) >= 11 is 0. The molecule has 2 saturated heterocycles. The molecule has 5 aliphatic rings. The van der Waals surface area contributed by atoms with Crippen LogP contribution >= 0.6 is 0 Å². The number of nitrogens with zero attached hydrogens (tertiary/aromatic N) is 1. The number of benzene rings is 2. The third-order valence-corrected chi connectivity index (χ3v) is 7.51. The summed E-state index contributed by atoms with van der Waals surface area (Å²) in [6.45, 7) is 3.15. The molecule has 0 unspecified atom stereocenters. The van der Waals surface area contributed by atoms with Gasteiger partial charge in [-0.3, -0.25) is 14.5 Å². The van der Waals surface area contributed by atoms with Gasteiger partial charge in [-0.1, -0.05) is 48.5 Å². The predicted molar refractivity (Wildman–Crippen MR) is 104 cm³/mol. The second kappa shape index (κ2) is 5.54. The number of imide groups is 1. The zero-order chi connectivity index (χ0) is 19.0. The van der Waals surface area contributed by atoms with Gasteiger partial charge >= 0.3 is 0 Å². The minimum atomic E-state index is -0.719. The first-order valence-corrected chi connectivity index (χ1v) is 10.3. The summed E-state index contributed by atoms with van der Waals surface area (Å²) < 4.78 is 5.74. The molecule has 142 valence electrons. The lowest BCUT2D eigenvalue weighted by molar-refractivity contribution is -0.143. The molecular weight excluding hydrogens is 350 g/mol. The summed E-state index contributed by atoms with van der Waals surface area (Å²) in [6.07, 6.45) is 1.91. The number of hydrogen-bond acceptors (Lipinski definition) is 3. The van der Waals surface area contributed by atoms with E-state index in [1.54, 1.807) is 0 Å². The normalized spacial score (nSPS) is 35.1. The Morgan fingerprint density at radius 3 is 2.18 bits per heavy atom. The van der Waals surface area contributed by atoms with Gasteiger partial charge < -0.3 is 4.74 Å². The zero-order valence-corrected chi connectivity index (χ0v) is 15.9. The summed E-state index contributed by atoms with van der Waals surface area (Å²) in [5, 5.41) is 0. The average molecular weight is 373 g/mol. The van der Waals surface area contributed by atoms with Gasteiger partial charge in [-0.15, -0.1) is 0 Å². The van der Waals surface area contributed by atoms with Crippen LogP contribution in [0.4, 0.5) is 0 Å². The van der Waals surface area contributed by atoms with Gasteiger partial charge in [0, 0.05) is 18.4 Å². The largest absolute Gasteiger partial charge is 0.376 e. The SMILES string of the molecule is C[C@]12C(=O)N(C[C@@H]3CCCO3)C(=O)[C@H]1C1c3ccccc3C2c2ccccc21. The molecule has 2 aromatic rings. The Bertz CT molecular complexity index is 961. The maximum atomic E-state index is 13.7. The van der Waals surface area contributed by atoms with Crippen LogP contribution in [-0.4, -0.2) is 36.0 Å². The molecule has 3 aliphatic carbocycles. The van der Waals surface area contributed by atoms with Crippen molar-refractivity contribution < 1.29 is 14.3 Å². The van der Waals surface area contributed by atoms with E-state index in [9.17, 15) is 9.59 Å². The van der Waals surface area contributed by atoms with Crippen LogP contribution in [-0.2, 0) is 14.3 Å². The summed E-state index contributed by atoms with van der Waals surface area (Å²) in [4.78, 5) is 28.8. The molecule has 2 aromatic carbocycles. The first-order chi connectivity index (χ1) is 13.6. The van der Waals surface area contributed by atoms with E-state index in [1.807, 2.05) is 31.2 Å². The Hall–Kier alpha value is -2.46. The standard InChI is InChI=1S/C24H23NO3/c1-24-20-17-10-4-2-8-15(17)19(16-9-3-5-11-18(16)20)21(24)22(26)25(23(24)27)13-14-7-6-12-28-14/h2-5,8-11,14,19-21H,6-7,12-13H2,1H3/t14-,19?,20?,21+,24+/m0/s1. The fourth-order valence-electron chi connectivity index (χ4n) is 6.36. The van der Waals surface area contributed by atoms with E-state index in [2.05, 4.69) is 24.3 Å². The fourth-order valence-corrected chi connectivity index (χ4v) is 6.36. The molecule has 0 saturated carbocycles. The molecule has 2 amide bonds. The van der Waals surface area contributed by atoms with E-state index < -0.39 is 5.41 Å². The van der Waals surface area contributed by atoms with Crippen molar-refractivity contribution in [2.24, 2.45) is 11.3 Å². The van der Waals surface area contributed by atoms with Crippen LogP contribution in [0.3, 0.4) is 0 Å². The minimum absolute atomic E-state index is 0.0120. The van der Waals surface area contributed by atoms with Crippen LogP contribution in [0.15, 0.2) is 48.5 Å². The third-order valence-electron chi connectivity index (χ3n) is 7.51. The van der Waals surface area contributed by atoms with Crippen LogP contribution in [0.25, 0.3) is 0 Å². The minimum Gasteiger partial charge on any atom is -0.376 e. The Labute approximate surface area is 164 Å². The second-order valence-corrected chi connectivity index (χ2v) is 8.82. The number of hydrogen-bond donors (Lipinski definition) is 0. The van der Waals surface area contributed by atoms with Crippen LogP contribution in [0.5, 0.6) is 0 Å². The number of rotatable bonds is 2. The van der Waals surface area contributed by atoms with Crippen molar-refractivity contribution in [3.8, 4) is 0 Å². The van der Waals surface area contributed by atoms with E-state index in [4.69, 9.17) is 4.74 Å². The van der Waals surface area contributed by atoms with Crippen molar-refractivity contribution in [2.75, 3.05) is 13.2 Å². The highest BCUT2D eigenvalue weighted by molar-refractivity contribution is 6.10. The van der Waals surface area contributed by atoms with Crippen molar-refractivity contribution in [1.29, 1.82) is 0 Å². The molecule has 2 aliphatic heterocycles. The highest BCUT2D eigenvalue weighted by Gasteiger charge is 2.68. The number of amides is 2. The van der Waals surface area contributed by atoms with Crippen LogP contribution in [0.1, 0.15) is 53.9 Å². The van der Waals surface area contributed by atoms with Gasteiger partial charge in [-0.25, -0.2) is 0 Å². The molecule has 4 heteroatoms. The lowest BCUT2D eigenvalue weighted by atomic mass is 9.48. The quantitative estimate of drug-likeness (QED) is 0.758. The first kappa shape index (κ1) is 16.5. The highest BCUT2D eigenvalue weighted by atomic mass is 16.5. The van der Waals surface area contributed by atoms with Crippen molar-refractivity contribution in [2.45, 2.75) is 37.7 Å². The van der Waals surface area contributed by atoms with Gasteiger partial charge in [0.1, 0.15) is 0 Å². The number of likely N-dealkylation sites (tertiary alicyclic amines) is 1. The second-order valence-electron chi connectivity index (χ2n) is 8.82. The van der Waals surface area contributed by atoms with Gasteiger partial charge in [0.2, 0.25) is 11.8 Å². The Balaban J connectivity index is 1.53. The highest BCUT2D eigenvalue weighted by Crippen LogP contribution is 2.66. The summed E-state index contributed by atoms with van der Waals surface area (Å²) in [7, 11) is 0. The number of ether oxygens (including phenoxy) is 1. The Morgan fingerprint density at radius 1 is 1.00 bits per heavy atom. The Morgan fingerprint density at radius 2 is 1.61 bits per heavy atom. The van der Waals surface area contributed by atoms with E-state index in [-0.39, 0.29) is 35.7 Å². The lowest BCUT2D eigenvalue weighted by Crippen LogP contribution is -2.49. The predicted octanol–water partition coefficient (Wildman–Crippen LogP) is 3.45. The van der Waals surface area contributed by atoms with Gasteiger partial charge in [0.15, 0.2) is 0 Å². The molecule has 2 bridgehead atoms. The van der Waals surface area contributed by atoms with E-state index in [0.29, 0.717) is 6.54 Å². The van der Waals surface area contributed by atoms with Crippen molar-refractivity contribution in [3.05, 3.63) is 70.8 Å². The maximum Gasteiger partial charge on any atom is 0.237 e. The van der Waals surface area contributed by atoms with Crippen LogP contribution in [0, 0.1) is 11.3 Å². The molecule has 2 fully saturated rings. The van der Waals surface area contributed by atoms with Crippen molar-refractivity contribution in [3.63, 3.8) is 0 Å². The molecule has 3 atom stereocenters. The van der Waals surface area contributed by atoms with Gasteiger partial charge in [0.05, 0.1) is 24.0 Å². The van der Waals surface area contributed by atoms with Crippen molar-refractivity contribution in [1.82, 2.24) is 4.90 Å². The monoisotopic (exact) mass is 373 g/mol. The molecule has 2 heterocycles. The van der Waals surface area contributed by atoms with Crippen LogP contribution < -0.4 is 0 Å². The zero-order valence-electron chi connectivity index (χ0n) is 15.9. The molecular formula is C24H23NO3. The number of carbonyl (C=O) groups is 2. The van der Waals surface area contributed by atoms with Crippen LogP contribution in [0.2, 0.25) is 0 Å². The lowest BCUT2D eigenvalue weighted by Gasteiger charge is -2.51. The molecule has 28 heavy (non-hydrogen) atoms. The molecule has 0 N–H and O–H groups in total. The first-order valence-electron chi connectivity index (χ1n) is 10.3. The van der Waals surface area contributed by atoms with Crippen molar-refractivity contribution >= 4 is 11.8 Å². The molecule has 7 rings (SSSR count). The summed E-state index contributed by atoms with van der Waals surface area (Å²) in [5.41, 5.74) is 4.14. The van der Waals surface area contributed by atoms with E-state index >= 15 is 0 Å². The smallest absolute Gasteiger partial charge is 0.237 e. The third kappa shape index (κ3) is 1.84. The fraction of sp³-hybridized carbons (Fsp3) is 0.417. The summed E-state index contributed by atoms with van der Waals surface area (Å²) in [5.74, 6) is -0.468.